The summed E-state index contributed by atoms with van der Waals surface area (Å²) in [6.45, 7) is 11.4. The molecule has 1 saturated heterocycles. The second-order valence-electron chi connectivity index (χ2n) is 7.23. The molecule has 1 aliphatic rings. The summed E-state index contributed by atoms with van der Waals surface area (Å²) in [5, 5.41) is 12.2. The number of hydrogen-bond donors (Lipinski definition) is 0. The molecule has 1 atom stereocenters. The smallest absolute Gasteiger partial charge is 0.272 e. The highest BCUT2D eigenvalue weighted by Gasteiger charge is 2.30. The number of nitro benzene ring substituents is 1. The van der Waals surface area contributed by atoms with Crippen molar-refractivity contribution in [1.82, 2.24) is 4.90 Å². The zero-order valence-electron chi connectivity index (χ0n) is 15.9. The van der Waals surface area contributed by atoms with Gasteiger partial charge in [-0.05, 0) is 37.8 Å². The Morgan fingerprint density at radius 3 is 2.68 bits per heavy atom. The lowest BCUT2D eigenvalue weighted by atomic mass is 10.1. The first kappa shape index (κ1) is 19.8. The highest BCUT2D eigenvalue weighted by atomic mass is 32.2. The van der Waals surface area contributed by atoms with E-state index < -0.39 is 0 Å². The number of amidine groups is 1. The number of aryl methyl sites for hydroxylation is 2. The van der Waals surface area contributed by atoms with Gasteiger partial charge in [-0.2, -0.15) is 0 Å². The number of unbranched alkanes of at least 4 members (excludes halogenated alkanes) is 1. The molecule has 0 spiro atoms. The zero-order chi connectivity index (χ0) is 18.6. The first-order valence-electron chi connectivity index (χ1n) is 9.07. The molecule has 1 fully saturated rings. The molecule has 138 valence electrons. The van der Waals surface area contributed by atoms with Crippen LogP contribution in [0.15, 0.2) is 17.1 Å². The van der Waals surface area contributed by atoms with Crippen molar-refractivity contribution in [1.29, 1.82) is 0 Å². The SMILES string of the molecule is CCCC[C@H]1CS/C(=N\c2cc(C)c([N+](=O)[O-])cc2C)N1CC(C)C. The Bertz CT molecular complexity index is 658. The minimum absolute atomic E-state index is 0.167. The summed E-state index contributed by atoms with van der Waals surface area (Å²) in [6, 6.07) is 4.02. The van der Waals surface area contributed by atoms with Gasteiger partial charge in [0.15, 0.2) is 5.17 Å². The van der Waals surface area contributed by atoms with Gasteiger partial charge >= 0.3 is 0 Å². The Morgan fingerprint density at radius 1 is 1.36 bits per heavy atom. The van der Waals surface area contributed by atoms with Gasteiger partial charge in [-0.25, -0.2) is 4.99 Å². The fraction of sp³-hybridized carbons (Fsp3) is 0.632. The first-order valence-corrected chi connectivity index (χ1v) is 10.1. The predicted molar refractivity (Wildman–Crippen MR) is 107 cm³/mol. The molecule has 1 heterocycles. The Labute approximate surface area is 155 Å². The Kier molecular flexibility index (Phi) is 6.87. The average Bonchev–Trinajstić information content (AvgIpc) is 2.89. The van der Waals surface area contributed by atoms with Gasteiger partial charge in [0.05, 0.1) is 10.6 Å². The van der Waals surface area contributed by atoms with Gasteiger partial charge in [0.2, 0.25) is 0 Å². The van der Waals surface area contributed by atoms with Crippen LogP contribution in [0, 0.1) is 29.9 Å². The molecule has 6 heteroatoms. The van der Waals surface area contributed by atoms with Crippen molar-refractivity contribution in [2.24, 2.45) is 10.9 Å². The van der Waals surface area contributed by atoms with Crippen LogP contribution >= 0.6 is 11.8 Å². The third-order valence-corrected chi connectivity index (χ3v) is 5.61. The van der Waals surface area contributed by atoms with Crippen molar-refractivity contribution in [3.63, 3.8) is 0 Å². The third kappa shape index (κ3) is 4.97. The summed E-state index contributed by atoms with van der Waals surface area (Å²) < 4.78 is 0. The van der Waals surface area contributed by atoms with Crippen LogP contribution in [-0.2, 0) is 0 Å². The number of thioether (sulfide) groups is 1. The van der Waals surface area contributed by atoms with Crippen LogP contribution < -0.4 is 0 Å². The molecule has 1 aromatic carbocycles. The number of rotatable bonds is 7. The summed E-state index contributed by atoms with van der Waals surface area (Å²) in [5.41, 5.74) is 2.53. The molecule has 0 radical (unpaired) electrons. The van der Waals surface area contributed by atoms with Crippen LogP contribution in [-0.4, -0.2) is 33.3 Å². The van der Waals surface area contributed by atoms with Gasteiger partial charge in [-0.3, -0.25) is 10.1 Å². The quantitative estimate of drug-likeness (QED) is 0.476. The number of aliphatic imine (C=N–C) groups is 1. The van der Waals surface area contributed by atoms with E-state index in [4.69, 9.17) is 4.99 Å². The van der Waals surface area contributed by atoms with Crippen molar-refractivity contribution in [3.05, 3.63) is 33.4 Å². The topological polar surface area (TPSA) is 58.7 Å². The normalized spacial score (nSPS) is 19.2. The van der Waals surface area contributed by atoms with E-state index in [1.54, 1.807) is 13.0 Å². The fourth-order valence-corrected chi connectivity index (χ4v) is 4.34. The molecule has 0 N–H and O–H groups in total. The Morgan fingerprint density at radius 2 is 2.08 bits per heavy atom. The van der Waals surface area contributed by atoms with Gasteiger partial charge in [0, 0.05) is 30.0 Å². The number of benzene rings is 1. The molecule has 0 aliphatic carbocycles. The van der Waals surface area contributed by atoms with E-state index in [0.717, 1.165) is 28.7 Å². The van der Waals surface area contributed by atoms with Crippen molar-refractivity contribution >= 4 is 28.3 Å². The van der Waals surface area contributed by atoms with Crippen LogP contribution in [0.5, 0.6) is 0 Å². The van der Waals surface area contributed by atoms with E-state index in [9.17, 15) is 10.1 Å². The van der Waals surface area contributed by atoms with Gasteiger partial charge in [0.1, 0.15) is 0 Å². The number of nitro groups is 1. The lowest BCUT2D eigenvalue weighted by molar-refractivity contribution is -0.385. The predicted octanol–water partition coefficient (Wildman–Crippen LogP) is 5.46. The first-order chi connectivity index (χ1) is 11.8. The standard InChI is InChI=1S/C19H29N3O2S/c1-6-7-8-16-12-25-19(21(16)11-13(2)3)20-17-9-15(5)18(22(23)24)10-14(17)4/h9-10,13,16H,6-8,11-12H2,1-5H3/b20-19-/t16-/m0/s1. The van der Waals surface area contributed by atoms with E-state index in [1.165, 1.54) is 19.3 Å². The van der Waals surface area contributed by atoms with Crippen LogP contribution in [0.25, 0.3) is 0 Å². The lowest BCUT2D eigenvalue weighted by Crippen LogP contribution is -2.36. The van der Waals surface area contributed by atoms with Gasteiger partial charge in [-0.15, -0.1) is 0 Å². The number of hydrogen-bond acceptors (Lipinski definition) is 4. The van der Waals surface area contributed by atoms with Gasteiger partial charge < -0.3 is 4.90 Å². The molecular weight excluding hydrogens is 334 g/mol. The summed E-state index contributed by atoms with van der Waals surface area (Å²) >= 11 is 1.81. The fourth-order valence-electron chi connectivity index (χ4n) is 3.10. The molecule has 0 aromatic heterocycles. The molecule has 0 bridgehead atoms. The highest BCUT2D eigenvalue weighted by Crippen LogP contribution is 2.33. The second kappa shape index (κ2) is 8.70. The Balaban J connectivity index is 2.31. The monoisotopic (exact) mass is 363 g/mol. The van der Waals surface area contributed by atoms with Crippen molar-refractivity contribution < 1.29 is 4.92 Å². The van der Waals surface area contributed by atoms with Crippen LogP contribution in [0.1, 0.15) is 51.2 Å². The maximum absolute atomic E-state index is 11.1. The van der Waals surface area contributed by atoms with E-state index >= 15 is 0 Å². The third-order valence-electron chi connectivity index (χ3n) is 4.47. The largest absolute Gasteiger partial charge is 0.347 e. The maximum Gasteiger partial charge on any atom is 0.272 e. The van der Waals surface area contributed by atoms with Crippen LogP contribution in [0.2, 0.25) is 0 Å². The molecular formula is C19H29N3O2S. The van der Waals surface area contributed by atoms with Gasteiger partial charge in [0.25, 0.3) is 5.69 Å². The van der Waals surface area contributed by atoms with E-state index in [-0.39, 0.29) is 10.6 Å². The van der Waals surface area contributed by atoms with Crippen LogP contribution in [0.3, 0.4) is 0 Å². The van der Waals surface area contributed by atoms with E-state index in [2.05, 4.69) is 25.7 Å². The Hall–Kier alpha value is -1.56. The minimum atomic E-state index is -0.324. The summed E-state index contributed by atoms with van der Waals surface area (Å²) in [5.74, 6) is 1.66. The molecule has 2 rings (SSSR count). The summed E-state index contributed by atoms with van der Waals surface area (Å²) in [7, 11) is 0. The molecule has 0 unspecified atom stereocenters. The molecule has 1 aromatic rings. The average molecular weight is 364 g/mol. The molecule has 0 amide bonds. The summed E-state index contributed by atoms with van der Waals surface area (Å²) in [4.78, 5) is 18.1. The maximum atomic E-state index is 11.1. The van der Waals surface area contributed by atoms with Crippen molar-refractivity contribution in [2.75, 3.05) is 12.3 Å². The van der Waals surface area contributed by atoms with Crippen molar-refractivity contribution in [3.8, 4) is 0 Å². The highest BCUT2D eigenvalue weighted by molar-refractivity contribution is 8.14. The second-order valence-corrected chi connectivity index (χ2v) is 8.22. The van der Waals surface area contributed by atoms with Crippen molar-refractivity contribution in [2.45, 2.75) is 59.9 Å². The molecule has 25 heavy (non-hydrogen) atoms. The number of nitrogens with zero attached hydrogens (tertiary/aromatic N) is 3. The van der Waals surface area contributed by atoms with E-state index in [1.807, 2.05) is 24.8 Å². The van der Waals surface area contributed by atoms with E-state index in [0.29, 0.717) is 17.5 Å². The van der Waals surface area contributed by atoms with Crippen LogP contribution in [0.4, 0.5) is 11.4 Å². The van der Waals surface area contributed by atoms with Gasteiger partial charge in [-0.1, -0.05) is 45.4 Å². The summed E-state index contributed by atoms with van der Waals surface area (Å²) in [6.07, 6.45) is 3.65. The molecule has 1 aliphatic heterocycles. The lowest BCUT2D eigenvalue weighted by Gasteiger charge is -2.27. The minimum Gasteiger partial charge on any atom is -0.347 e. The zero-order valence-corrected chi connectivity index (χ0v) is 16.7. The molecule has 5 nitrogen and oxygen atoms in total. The molecule has 0 saturated carbocycles.